The lowest BCUT2D eigenvalue weighted by molar-refractivity contribution is -0.136. The Labute approximate surface area is 154 Å². The number of fused-ring (bicyclic) bond motifs is 1. The van der Waals surface area contributed by atoms with Gasteiger partial charge in [-0.15, -0.1) is 0 Å². The van der Waals surface area contributed by atoms with Crippen LogP contribution in [0.3, 0.4) is 0 Å². The second kappa shape index (κ2) is 7.56. The number of nitrogens with one attached hydrogen (secondary N) is 2. The zero-order valence-corrected chi connectivity index (χ0v) is 15.7. The van der Waals surface area contributed by atoms with Crippen molar-refractivity contribution in [2.75, 3.05) is 6.61 Å². The molecule has 2 N–H and O–H groups in total. The number of para-hydroxylation sites is 2. The number of amides is 2. The van der Waals surface area contributed by atoms with Gasteiger partial charge in [-0.1, -0.05) is 32.9 Å². The molecule has 0 radical (unpaired) electrons. The molecule has 26 heavy (non-hydrogen) atoms. The van der Waals surface area contributed by atoms with Crippen LogP contribution in [0.5, 0.6) is 11.5 Å². The quantitative estimate of drug-likeness (QED) is 0.795. The van der Waals surface area contributed by atoms with Crippen LogP contribution in [-0.4, -0.2) is 24.5 Å². The first kappa shape index (κ1) is 18.5. The topological polar surface area (TPSA) is 76.7 Å². The van der Waals surface area contributed by atoms with Crippen molar-refractivity contribution in [2.45, 2.75) is 52.6 Å². The molecule has 1 aromatic rings. The minimum Gasteiger partial charge on any atom is -0.485 e. The summed E-state index contributed by atoms with van der Waals surface area (Å²) < 4.78 is 11.2. The van der Waals surface area contributed by atoms with Crippen LogP contribution in [0, 0.1) is 17.3 Å². The second-order valence-corrected chi connectivity index (χ2v) is 8.26. The summed E-state index contributed by atoms with van der Waals surface area (Å²) in [5.41, 5.74) is 5.31. The van der Waals surface area contributed by atoms with Crippen LogP contribution in [0.2, 0.25) is 0 Å². The van der Waals surface area contributed by atoms with Gasteiger partial charge in [-0.05, 0) is 49.1 Å². The van der Waals surface area contributed by atoms with Crippen molar-refractivity contribution in [1.29, 1.82) is 0 Å². The van der Waals surface area contributed by atoms with Gasteiger partial charge in [-0.3, -0.25) is 20.4 Å². The molecule has 2 amide bonds. The Morgan fingerprint density at radius 1 is 0.962 bits per heavy atom. The number of ether oxygens (including phenoxy) is 2. The van der Waals surface area contributed by atoms with Gasteiger partial charge < -0.3 is 9.47 Å². The highest BCUT2D eigenvalue weighted by atomic mass is 16.6. The summed E-state index contributed by atoms with van der Waals surface area (Å²) in [6.07, 6.45) is 3.04. The van der Waals surface area contributed by atoms with Gasteiger partial charge in [0.05, 0.1) is 0 Å². The van der Waals surface area contributed by atoms with Crippen molar-refractivity contribution in [3.63, 3.8) is 0 Å². The fourth-order valence-corrected chi connectivity index (χ4v) is 3.68. The summed E-state index contributed by atoms with van der Waals surface area (Å²) in [7, 11) is 0. The van der Waals surface area contributed by atoms with Crippen molar-refractivity contribution in [3.8, 4) is 11.5 Å². The maximum Gasteiger partial charge on any atom is 0.283 e. The molecule has 6 heteroatoms. The zero-order chi connectivity index (χ0) is 18.7. The summed E-state index contributed by atoms with van der Waals surface area (Å²) in [6.45, 7) is 6.88. The number of hydrazine groups is 1. The normalized spacial score (nSPS) is 25.3. The number of hydrogen-bond acceptors (Lipinski definition) is 4. The first-order valence-electron chi connectivity index (χ1n) is 9.33. The van der Waals surface area contributed by atoms with E-state index in [1.807, 2.05) is 12.1 Å². The average Bonchev–Trinajstić information content (AvgIpc) is 2.64. The predicted molar refractivity (Wildman–Crippen MR) is 97.5 cm³/mol. The number of benzene rings is 1. The predicted octanol–water partition coefficient (Wildman–Crippen LogP) is 2.83. The standard InChI is InChI=1S/C20H28N2O4/c1-20(2,3)14-10-8-13(9-11-14)18(23)21-22-19(24)17-12-25-15-6-4-5-7-16(15)26-17/h4-7,13-14,17H,8-12H2,1-3H3,(H,21,23)(H,22,24)/t13?,14?,17-/m0/s1. The molecule has 1 saturated carbocycles. The Balaban J connectivity index is 1.44. The van der Waals surface area contributed by atoms with Crippen molar-refractivity contribution < 1.29 is 19.1 Å². The van der Waals surface area contributed by atoms with E-state index in [1.165, 1.54) is 0 Å². The van der Waals surface area contributed by atoms with E-state index in [0.29, 0.717) is 17.4 Å². The maximum atomic E-state index is 12.3. The van der Waals surface area contributed by atoms with E-state index in [2.05, 4.69) is 31.6 Å². The summed E-state index contributed by atoms with van der Waals surface area (Å²) in [6, 6.07) is 7.20. The van der Waals surface area contributed by atoms with Crippen LogP contribution in [0.1, 0.15) is 46.5 Å². The zero-order valence-electron chi connectivity index (χ0n) is 15.7. The fourth-order valence-electron chi connectivity index (χ4n) is 3.68. The van der Waals surface area contributed by atoms with Crippen LogP contribution in [0.15, 0.2) is 24.3 Å². The van der Waals surface area contributed by atoms with Gasteiger partial charge in [0.15, 0.2) is 11.5 Å². The number of carbonyl (C=O) groups is 2. The SMILES string of the molecule is CC(C)(C)C1CCC(C(=O)NNC(=O)[C@@H]2COc3ccccc3O2)CC1. The van der Waals surface area contributed by atoms with Crippen molar-refractivity contribution in [3.05, 3.63) is 24.3 Å². The molecule has 1 aliphatic carbocycles. The van der Waals surface area contributed by atoms with E-state index in [1.54, 1.807) is 12.1 Å². The van der Waals surface area contributed by atoms with E-state index in [-0.39, 0.29) is 23.8 Å². The monoisotopic (exact) mass is 360 g/mol. The van der Waals surface area contributed by atoms with Gasteiger partial charge in [-0.25, -0.2) is 0 Å². The van der Waals surface area contributed by atoms with Crippen LogP contribution in [0.25, 0.3) is 0 Å². The Kier molecular flexibility index (Phi) is 5.39. The molecule has 1 fully saturated rings. The largest absolute Gasteiger partial charge is 0.485 e. The van der Waals surface area contributed by atoms with E-state index in [0.717, 1.165) is 25.7 Å². The van der Waals surface area contributed by atoms with Crippen molar-refractivity contribution >= 4 is 11.8 Å². The van der Waals surface area contributed by atoms with Crippen LogP contribution < -0.4 is 20.3 Å². The lowest BCUT2D eigenvalue weighted by atomic mass is 9.70. The third-order valence-corrected chi connectivity index (χ3v) is 5.43. The van der Waals surface area contributed by atoms with Crippen LogP contribution in [0.4, 0.5) is 0 Å². The third kappa shape index (κ3) is 4.29. The molecule has 1 aliphatic heterocycles. The Morgan fingerprint density at radius 2 is 1.58 bits per heavy atom. The van der Waals surface area contributed by atoms with E-state index in [9.17, 15) is 9.59 Å². The molecular weight excluding hydrogens is 332 g/mol. The van der Waals surface area contributed by atoms with Gasteiger partial charge in [-0.2, -0.15) is 0 Å². The molecule has 142 valence electrons. The first-order chi connectivity index (χ1) is 12.3. The lowest BCUT2D eigenvalue weighted by Crippen LogP contribution is -2.52. The van der Waals surface area contributed by atoms with Crippen LogP contribution in [-0.2, 0) is 9.59 Å². The van der Waals surface area contributed by atoms with Gasteiger partial charge in [0, 0.05) is 5.92 Å². The molecule has 0 saturated heterocycles. The number of rotatable bonds is 2. The van der Waals surface area contributed by atoms with Crippen LogP contribution >= 0.6 is 0 Å². The van der Waals surface area contributed by atoms with Gasteiger partial charge >= 0.3 is 0 Å². The minimum absolute atomic E-state index is 0.0434. The van der Waals surface area contributed by atoms with E-state index >= 15 is 0 Å². The Morgan fingerprint density at radius 3 is 2.23 bits per heavy atom. The molecule has 1 heterocycles. The smallest absolute Gasteiger partial charge is 0.283 e. The molecule has 3 rings (SSSR count). The maximum absolute atomic E-state index is 12.3. The van der Waals surface area contributed by atoms with E-state index < -0.39 is 12.0 Å². The molecule has 6 nitrogen and oxygen atoms in total. The van der Waals surface area contributed by atoms with Gasteiger partial charge in [0.25, 0.3) is 5.91 Å². The summed E-state index contributed by atoms with van der Waals surface area (Å²) in [5, 5.41) is 0. The highest BCUT2D eigenvalue weighted by Crippen LogP contribution is 2.39. The number of carbonyl (C=O) groups excluding carboxylic acids is 2. The molecule has 1 aromatic carbocycles. The first-order valence-corrected chi connectivity index (χ1v) is 9.33. The molecule has 0 spiro atoms. The molecule has 1 atom stereocenters. The molecule has 2 aliphatic rings. The van der Waals surface area contributed by atoms with E-state index in [4.69, 9.17) is 9.47 Å². The molecule has 0 unspecified atom stereocenters. The van der Waals surface area contributed by atoms with Gasteiger partial charge in [0.2, 0.25) is 12.0 Å². The van der Waals surface area contributed by atoms with Crippen molar-refractivity contribution in [1.82, 2.24) is 10.9 Å². The minimum atomic E-state index is -0.776. The summed E-state index contributed by atoms with van der Waals surface area (Å²) in [5.74, 6) is 1.23. The number of hydrogen-bond donors (Lipinski definition) is 2. The second-order valence-electron chi connectivity index (χ2n) is 8.26. The molecule has 0 aromatic heterocycles. The summed E-state index contributed by atoms with van der Waals surface area (Å²) >= 11 is 0. The molecule has 0 bridgehead atoms. The Hall–Kier alpha value is -2.24. The molecular formula is C20H28N2O4. The third-order valence-electron chi connectivity index (χ3n) is 5.43. The fraction of sp³-hybridized carbons (Fsp3) is 0.600. The Bertz CT molecular complexity index is 660. The highest BCUT2D eigenvalue weighted by molar-refractivity contribution is 5.86. The van der Waals surface area contributed by atoms with Gasteiger partial charge in [0.1, 0.15) is 6.61 Å². The average molecular weight is 360 g/mol. The lowest BCUT2D eigenvalue weighted by Gasteiger charge is -2.36. The van der Waals surface area contributed by atoms with Crippen molar-refractivity contribution in [2.24, 2.45) is 17.3 Å². The summed E-state index contributed by atoms with van der Waals surface area (Å²) in [4.78, 5) is 24.6. The highest BCUT2D eigenvalue weighted by Gasteiger charge is 2.33.